The van der Waals surface area contributed by atoms with Gasteiger partial charge in [-0.05, 0) is 18.1 Å². The molecule has 0 N–H and O–H groups in total. The van der Waals surface area contributed by atoms with Gasteiger partial charge in [0.2, 0.25) is 0 Å². The molecule has 1 fully saturated rings. The SMILES string of the molecule is C[C@H]1C(=O)OC1=C(c1ccccc1)c1ccccc1. The van der Waals surface area contributed by atoms with E-state index in [2.05, 4.69) is 0 Å². The van der Waals surface area contributed by atoms with Gasteiger partial charge in [0, 0.05) is 5.57 Å². The highest BCUT2D eigenvalue weighted by Crippen LogP contribution is 2.37. The fraction of sp³-hybridized carbons (Fsp3) is 0.118. The topological polar surface area (TPSA) is 26.3 Å². The molecule has 2 heteroatoms. The fourth-order valence-electron chi connectivity index (χ4n) is 2.26. The summed E-state index contributed by atoms with van der Waals surface area (Å²) in [7, 11) is 0. The Morgan fingerprint density at radius 2 is 1.37 bits per heavy atom. The van der Waals surface area contributed by atoms with E-state index in [1.54, 1.807) is 0 Å². The van der Waals surface area contributed by atoms with Crippen molar-refractivity contribution in [2.75, 3.05) is 0 Å². The minimum atomic E-state index is -0.157. The Labute approximate surface area is 112 Å². The lowest BCUT2D eigenvalue weighted by Crippen LogP contribution is -2.31. The van der Waals surface area contributed by atoms with Gasteiger partial charge in [0.05, 0.1) is 0 Å². The second kappa shape index (κ2) is 4.73. The molecule has 0 aliphatic carbocycles. The minimum absolute atomic E-state index is 0.153. The van der Waals surface area contributed by atoms with Crippen molar-refractivity contribution in [3.63, 3.8) is 0 Å². The Balaban J connectivity index is 2.16. The lowest BCUT2D eigenvalue weighted by atomic mass is 9.90. The summed E-state index contributed by atoms with van der Waals surface area (Å²) in [5.41, 5.74) is 3.15. The molecule has 2 aromatic carbocycles. The first-order valence-corrected chi connectivity index (χ1v) is 6.34. The van der Waals surface area contributed by atoms with Crippen molar-refractivity contribution >= 4 is 11.5 Å². The van der Waals surface area contributed by atoms with Crippen LogP contribution in [0.2, 0.25) is 0 Å². The third-order valence-electron chi connectivity index (χ3n) is 3.33. The maximum Gasteiger partial charge on any atom is 0.321 e. The van der Waals surface area contributed by atoms with E-state index < -0.39 is 0 Å². The first-order valence-electron chi connectivity index (χ1n) is 6.34. The number of rotatable bonds is 2. The third kappa shape index (κ3) is 2.06. The zero-order valence-electron chi connectivity index (χ0n) is 10.7. The Bertz CT molecular complexity index is 585. The second-order valence-corrected chi connectivity index (χ2v) is 4.61. The van der Waals surface area contributed by atoms with Gasteiger partial charge < -0.3 is 4.74 Å². The lowest BCUT2D eigenvalue weighted by Gasteiger charge is -2.28. The maximum absolute atomic E-state index is 11.4. The van der Waals surface area contributed by atoms with Crippen molar-refractivity contribution in [2.45, 2.75) is 6.92 Å². The van der Waals surface area contributed by atoms with Crippen molar-refractivity contribution in [2.24, 2.45) is 5.92 Å². The van der Waals surface area contributed by atoms with Gasteiger partial charge in [0.25, 0.3) is 0 Å². The monoisotopic (exact) mass is 250 g/mol. The van der Waals surface area contributed by atoms with Gasteiger partial charge in [-0.15, -0.1) is 0 Å². The molecule has 1 heterocycles. The predicted molar refractivity (Wildman–Crippen MR) is 74.2 cm³/mol. The van der Waals surface area contributed by atoms with E-state index >= 15 is 0 Å². The van der Waals surface area contributed by atoms with Crippen LogP contribution in [-0.2, 0) is 9.53 Å². The highest BCUT2D eigenvalue weighted by Gasteiger charge is 2.36. The summed E-state index contributed by atoms with van der Waals surface area (Å²) < 4.78 is 5.26. The molecular weight excluding hydrogens is 236 g/mol. The maximum atomic E-state index is 11.4. The molecule has 94 valence electrons. The zero-order valence-corrected chi connectivity index (χ0v) is 10.7. The van der Waals surface area contributed by atoms with Crippen molar-refractivity contribution in [1.82, 2.24) is 0 Å². The first-order chi connectivity index (χ1) is 9.27. The van der Waals surface area contributed by atoms with E-state index in [1.165, 1.54) is 0 Å². The Morgan fingerprint density at radius 3 is 1.74 bits per heavy atom. The first kappa shape index (κ1) is 11.7. The van der Waals surface area contributed by atoms with Crippen LogP contribution in [0.1, 0.15) is 18.1 Å². The summed E-state index contributed by atoms with van der Waals surface area (Å²) in [4.78, 5) is 11.4. The normalized spacial score (nSPS) is 17.6. The molecule has 1 atom stereocenters. The molecule has 1 aliphatic heterocycles. The smallest absolute Gasteiger partial charge is 0.321 e. The summed E-state index contributed by atoms with van der Waals surface area (Å²) in [6.45, 7) is 1.88. The van der Waals surface area contributed by atoms with Gasteiger partial charge in [0.15, 0.2) is 0 Å². The van der Waals surface area contributed by atoms with Crippen LogP contribution < -0.4 is 0 Å². The van der Waals surface area contributed by atoms with Crippen LogP contribution >= 0.6 is 0 Å². The molecule has 1 saturated heterocycles. The average molecular weight is 250 g/mol. The van der Waals surface area contributed by atoms with Crippen LogP contribution in [0.15, 0.2) is 66.4 Å². The largest absolute Gasteiger partial charge is 0.429 e. The summed E-state index contributed by atoms with van der Waals surface area (Å²) >= 11 is 0. The molecule has 2 aromatic rings. The van der Waals surface area contributed by atoms with Crippen LogP contribution in [0.4, 0.5) is 0 Å². The standard InChI is InChI=1S/C17H14O2/c1-12-16(19-17(12)18)15(13-8-4-2-5-9-13)14-10-6-3-7-11-14/h2-12H,1H3/t12-/m1/s1. The number of carbonyl (C=O) groups excluding carboxylic acids is 1. The Kier molecular flexibility index (Phi) is 2.92. The zero-order chi connectivity index (χ0) is 13.2. The van der Waals surface area contributed by atoms with Crippen LogP contribution in [0.3, 0.4) is 0 Å². The van der Waals surface area contributed by atoms with Crippen LogP contribution in [0.25, 0.3) is 5.57 Å². The van der Waals surface area contributed by atoms with Gasteiger partial charge in [-0.3, -0.25) is 4.79 Å². The van der Waals surface area contributed by atoms with Crippen molar-refractivity contribution in [1.29, 1.82) is 0 Å². The van der Waals surface area contributed by atoms with E-state index in [9.17, 15) is 4.79 Å². The highest BCUT2D eigenvalue weighted by atomic mass is 16.6. The number of hydrogen-bond donors (Lipinski definition) is 0. The molecule has 0 spiro atoms. The lowest BCUT2D eigenvalue weighted by molar-refractivity contribution is -0.155. The minimum Gasteiger partial charge on any atom is -0.429 e. The molecule has 3 rings (SSSR count). The van der Waals surface area contributed by atoms with Gasteiger partial charge >= 0.3 is 5.97 Å². The third-order valence-corrected chi connectivity index (χ3v) is 3.33. The van der Waals surface area contributed by atoms with Gasteiger partial charge in [-0.2, -0.15) is 0 Å². The van der Waals surface area contributed by atoms with Gasteiger partial charge in [0.1, 0.15) is 11.7 Å². The number of ether oxygens (including phenoxy) is 1. The Morgan fingerprint density at radius 1 is 0.895 bits per heavy atom. The van der Waals surface area contributed by atoms with E-state index in [-0.39, 0.29) is 11.9 Å². The summed E-state index contributed by atoms with van der Waals surface area (Å²) in [5, 5.41) is 0. The second-order valence-electron chi connectivity index (χ2n) is 4.61. The van der Waals surface area contributed by atoms with E-state index in [4.69, 9.17) is 4.74 Å². The molecule has 0 saturated carbocycles. The molecule has 0 bridgehead atoms. The van der Waals surface area contributed by atoms with Gasteiger partial charge in [-0.1, -0.05) is 60.7 Å². The molecule has 0 unspecified atom stereocenters. The van der Waals surface area contributed by atoms with Crippen molar-refractivity contribution in [3.8, 4) is 0 Å². The molecule has 0 amide bonds. The number of cyclic esters (lactones) is 1. The number of hydrogen-bond acceptors (Lipinski definition) is 2. The summed E-state index contributed by atoms with van der Waals surface area (Å²) in [6, 6.07) is 20.1. The average Bonchev–Trinajstić information content (AvgIpc) is 2.49. The number of benzene rings is 2. The fourth-order valence-corrected chi connectivity index (χ4v) is 2.26. The predicted octanol–water partition coefficient (Wildman–Crippen LogP) is 3.64. The van der Waals surface area contributed by atoms with Crippen LogP contribution in [0, 0.1) is 5.92 Å². The van der Waals surface area contributed by atoms with Gasteiger partial charge in [-0.25, -0.2) is 0 Å². The summed E-state index contributed by atoms with van der Waals surface area (Å²) in [6.07, 6.45) is 0. The molecule has 19 heavy (non-hydrogen) atoms. The number of carbonyl (C=O) groups is 1. The molecule has 1 aliphatic rings. The molecule has 0 radical (unpaired) electrons. The van der Waals surface area contributed by atoms with E-state index in [0.29, 0.717) is 0 Å². The van der Waals surface area contributed by atoms with Crippen LogP contribution in [-0.4, -0.2) is 5.97 Å². The quantitative estimate of drug-likeness (QED) is 0.761. The molecule has 0 aromatic heterocycles. The van der Waals surface area contributed by atoms with E-state index in [1.807, 2.05) is 67.6 Å². The van der Waals surface area contributed by atoms with Crippen molar-refractivity contribution in [3.05, 3.63) is 77.5 Å². The Hall–Kier alpha value is -2.35. The molecular formula is C17H14O2. The number of esters is 1. The van der Waals surface area contributed by atoms with Crippen molar-refractivity contribution < 1.29 is 9.53 Å². The highest BCUT2D eigenvalue weighted by molar-refractivity contribution is 5.92. The van der Waals surface area contributed by atoms with E-state index in [0.717, 1.165) is 22.5 Å². The molecule has 2 nitrogen and oxygen atoms in total. The van der Waals surface area contributed by atoms with Crippen LogP contribution in [0.5, 0.6) is 0 Å². The summed E-state index contributed by atoms with van der Waals surface area (Å²) in [5.74, 6) is 0.456.